The van der Waals surface area contributed by atoms with Crippen molar-refractivity contribution in [3.8, 4) is 11.6 Å². The van der Waals surface area contributed by atoms with Crippen molar-refractivity contribution in [2.75, 3.05) is 11.5 Å². The van der Waals surface area contributed by atoms with Crippen LogP contribution in [0.3, 0.4) is 0 Å². The minimum Gasteiger partial charge on any atom is -0.508 e. The van der Waals surface area contributed by atoms with Crippen LogP contribution >= 0.6 is 23.5 Å². The number of imidazole rings is 1. The molecule has 4 heterocycles. The van der Waals surface area contributed by atoms with Gasteiger partial charge in [-0.1, -0.05) is 36.0 Å². The molecule has 2 aromatic carbocycles. The van der Waals surface area contributed by atoms with Crippen molar-refractivity contribution in [2.45, 2.75) is 36.1 Å². The molecule has 17 nitrogen and oxygen atoms in total. The lowest BCUT2D eigenvalue weighted by Gasteiger charge is -2.49. The summed E-state index contributed by atoms with van der Waals surface area (Å²) < 4.78 is 3.36. The summed E-state index contributed by atoms with van der Waals surface area (Å²) in [7, 11) is 1.50. The average molecular weight is 709 g/mol. The number of fused-ring (bicyclic) bond motifs is 2. The van der Waals surface area contributed by atoms with Gasteiger partial charge in [-0.05, 0) is 42.3 Å². The molecular weight excluding hydrogens is 681 g/mol. The molecule has 1 saturated heterocycles. The van der Waals surface area contributed by atoms with Gasteiger partial charge in [-0.3, -0.25) is 28.4 Å². The number of phenolic OH excluding ortho intramolecular Hbond substituents is 1. The molecule has 5 N–H and O–H groups in total. The number of rotatable bonds is 9. The van der Waals surface area contributed by atoms with Crippen molar-refractivity contribution >= 4 is 58.4 Å². The van der Waals surface area contributed by atoms with Gasteiger partial charge in [0.05, 0.1) is 11.0 Å². The number of para-hydroxylation sites is 2. The number of carboxylic acid groups (broad SMARTS) is 1. The van der Waals surface area contributed by atoms with E-state index in [0.717, 1.165) is 21.2 Å². The third-order valence-electron chi connectivity index (χ3n) is 8.06. The van der Waals surface area contributed by atoms with Crippen LogP contribution in [0, 0.1) is 0 Å². The molecule has 0 spiro atoms. The fourth-order valence-electron chi connectivity index (χ4n) is 5.61. The van der Waals surface area contributed by atoms with E-state index in [9.17, 15) is 44.1 Å². The molecule has 254 valence electrons. The maximum atomic E-state index is 13.8. The Kier molecular flexibility index (Phi) is 8.95. The molecule has 4 aromatic rings. The number of amides is 3. The number of aromatic nitrogens is 5. The Labute approximate surface area is 284 Å². The van der Waals surface area contributed by atoms with Gasteiger partial charge < -0.3 is 26.0 Å². The van der Waals surface area contributed by atoms with Crippen LogP contribution in [0.25, 0.3) is 11.0 Å². The van der Waals surface area contributed by atoms with Crippen LogP contribution in [0.15, 0.2) is 74.5 Å². The zero-order valence-electron chi connectivity index (χ0n) is 25.8. The van der Waals surface area contributed by atoms with E-state index in [2.05, 4.69) is 20.8 Å². The molecule has 3 amide bonds. The smallest absolute Gasteiger partial charge is 0.352 e. The number of aromatic hydroxyl groups is 2. The molecule has 19 heteroatoms. The van der Waals surface area contributed by atoms with Crippen LogP contribution in [0.5, 0.6) is 11.6 Å². The number of nitrogens with one attached hydrogen (secondary N) is 2. The normalized spacial score (nSPS) is 17.8. The summed E-state index contributed by atoms with van der Waals surface area (Å²) in [6.45, 7) is 1.85. The van der Waals surface area contributed by atoms with Crippen LogP contribution in [-0.2, 0) is 28.0 Å². The molecule has 2 aromatic heterocycles. The summed E-state index contributed by atoms with van der Waals surface area (Å²) in [5, 5.41) is 41.4. The summed E-state index contributed by atoms with van der Waals surface area (Å²) in [5.74, 6) is -3.51. The van der Waals surface area contributed by atoms with Crippen molar-refractivity contribution < 1.29 is 34.5 Å². The third-order valence-corrected chi connectivity index (χ3v) is 10.5. The Balaban J connectivity index is 1.23. The Morgan fingerprint density at radius 1 is 1.04 bits per heavy atom. The molecule has 2 aliphatic rings. The Hall–Kier alpha value is -5.56. The second-order valence-electron chi connectivity index (χ2n) is 10.9. The molecule has 2 unspecified atom stereocenters. The molecule has 49 heavy (non-hydrogen) atoms. The number of carboxylic acids is 1. The van der Waals surface area contributed by atoms with Gasteiger partial charge in [0.25, 0.3) is 11.8 Å². The number of nitrogens with zero attached hydrogens (tertiary/aromatic N) is 6. The highest BCUT2D eigenvalue weighted by atomic mass is 32.2. The van der Waals surface area contributed by atoms with Gasteiger partial charge in [0.2, 0.25) is 5.91 Å². The minimum atomic E-state index is -1.42. The van der Waals surface area contributed by atoms with Gasteiger partial charge in [0.15, 0.2) is 5.16 Å². The predicted octanol–water partition coefficient (Wildman–Crippen LogP) is 0.553. The van der Waals surface area contributed by atoms with Crippen LogP contribution in [0.1, 0.15) is 18.5 Å². The standard InChI is InChI=1S/C30H28N8O9S2/c1-3-36-25(43)23(41)33-34-29(36)49-13-15-12-48-26-20(24(42)38(26)21(15)27(44)45)31-22(40)19(14-8-10-16(39)11-9-14)32-28(46)37-18-7-5-4-6-17(18)35(2)30(37)47/h4-11,19-20,26,39H,3,12-13H2,1-2H3,(H,31,40)(H,32,46)(H,33,41)(H,44,45)/t19?,20?,26-/m1/s1. The monoisotopic (exact) mass is 708 g/mol. The maximum Gasteiger partial charge on any atom is 0.352 e. The number of phenols is 1. The predicted molar refractivity (Wildman–Crippen MR) is 176 cm³/mol. The van der Waals surface area contributed by atoms with Crippen molar-refractivity contribution in [3.05, 3.63) is 86.2 Å². The van der Waals surface area contributed by atoms with Gasteiger partial charge in [-0.25, -0.2) is 19.0 Å². The number of thioether (sulfide) groups is 2. The summed E-state index contributed by atoms with van der Waals surface area (Å²) >= 11 is 2.24. The number of hydrogen-bond acceptors (Lipinski definition) is 12. The summed E-state index contributed by atoms with van der Waals surface area (Å²) in [6, 6.07) is 8.56. The fourth-order valence-corrected chi connectivity index (χ4v) is 8.09. The zero-order chi connectivity index (χ0) is 35.1. The molecule has 6 rings (SSSR count). The largest absolute Gasteiger partial charge is 0.508 e. The number of carbonyl (C=O) groups is 4. The summed E-state index contributed by atoms with van der Waals surface area (Å²) in [5.41, 5.74) is -0.251. The Morgan fingerprint density at radius 2 is 1.73 bits per heavy atom. The third kappa shape index (κ3) is 5.90. The lowest BCUT2D eigenvalue weighted by atomic mass is 10.0. The highest BCUT2D eigenvalue weighted by molar-refractivity contribution is 8.01. The van der Waals surface area contributed by atoms with Crippen LogP contribution in [0.4, 0.5) is 4.79 Å². The fraction of sp³-hybridized carbons (Fsp3) is 0.267. The molecule has 0 bridgehead atoms. The number of aliphatic carboxylic acids is 1. The van der Waals surface area contributed by atoms with Gasteiger partial charge in [0.1, 0.15) is 28.9 Å². The SMILES string of the molecule is CCn1c(SCC2=C(C(=O)O)N3C(=O)C(NC(=O)C(NC(=O)n4c(=O)n(C)c5ccccc54)c4ccc(O)cc4)[C@H]3SC2)nnc(O)c1=O. The van der Waals surface area contributed by atoms with E-state index in [1.807, 2.05) is 0 Å². The van der Waals surface area contributed by atoms with Crippen LogP contribution in [-0.4, -0.2) is 90.9 Å². The van der Waals surface area contributed by atoms with Crippen molar-refractivity contribution in [1.29, 1.82) is 0 Å². The molecule has 0 radical (unpaired) electrons. The average Bonchev–Trinajstić information content (AvgIpc) is 3.35. The van der Waals surface area contributed by atoms with Gasteiger partial charge in [-0.2, -0.15) is 0 Å². The lowest BCUT2D eigenvalue weighted by Crippen LogP contribution is -2.71. The van der Waals surface area contributed by atoms with Crippen LogP contribution in [0.2, 0.25) is 0 Å². The van der Waals surface area contributed by atoms with Gasteiger partial charge >= 0.3 is 23.2 Å². The van der Waals surface area contributed by atoms with E-state index in [0.29, 0.717) is 16.6 Å². The Bertz CT molecular complexity index is 2180. The number of β-lactam (4-membered cyclic amide) rings is 1. The first-order valence-electron chi connectivity index (χ1n) is 14.7. The molecule has 1 fully saturated rings. The first-order valence-corrected chi connectivity index (χ1v) is 16.7. The van der Waals surface area contributed by atoms with E-state index < -0.39 is 58.4 Å². The number of benzene rings is 2. The first-order chi connectivity index (χ1) is 23.4. The van der Waals surface area contributed by atoms with Crippen molar-refractivity contribution in [3.63, 3.8) is 0 Å². The van der Waals surface area contributed by atoms with E-state index in [1.54, 1.807) is 31.2 Å². The van der Waals surface area contributed by atoms with E-state index in [-0.39, 0.29) is 40.2 Å². The number of aryl methyl sites for hydroxylation is 1. The molecule has 2 aliphatic heterocycles. The molecule has 0 saturated carbocycles. The van der Waals surface area contributed by atoms with Gasteiger partial charge in [0, 0.05) is 25.1 Å². The van der Waals surface area contributed by atoms with E-state index >= 15 is 0 Å². The lowest BCUT2D eigenvalue weighted by molar-refractivity contribution is -0.151. The second kappa shape index (κ2) is 13.2. The first kappa shape index (κ1) is 33.3. The number of carbonyl (C=O) groups excluding carboxylic acids is 3. The highest BCUT2D eigenvalue weighted by Crippen LogP contribution is 2.41. The maximum absolute atomic E-state index is 13.8. The molecular formula is C30H28N8O9S2. The minimum absolute atomic E-state index is 0.0452. The van der Waals surface area contributed by atoms with E-state index in [1.165, 1.54) is 52.2 Å². The van der Waals surface area contributed by atoms with Crippen molar-refractivity contribution in [2.24, 2.45) is 7.05 Å². The van der Waals surface area contributed by atoms with Gasteiger partial charge in [-0.15, -0.1) is 22.0 Å². The highest BCUT2D eigenvalue weighted by Gasteiger charge is 2.54. The number of hydrogen-bond donors (Lipinski definition) is 5. The zero-order valence-corrected chi connectivity index (χ0v) is 27.4. The van der Waals surface area contributed by atoms with Crippen molar-refractivity contribution in [1.82, 2.24) is 39.4 Å². The molecule has 3 atom stereocenters. The quantitative estimate of drug-likeness (QED) is 0.118. The topological polar surface area (TPSA) is 231 Å². The van der Waals surface area contributed by atoms with E-state index in [4.69, 9.17) is 0 Å². The second-order valence-corrected chi connectivity index (χ2v) is 13.0. The summed E-state index contributed by atoms with van der Waals surface area (Å²) in [6.07, 6.45) is 0. The van der Waals surface area contributed by atoms with Crippen LogP contribution < -0.4 is 21.9 Å². The Morgan fingerprint density at radius 3 is 2.41 bits per heavy atom. The molecule has 0 aliphatic carbocycles. The summed E-state index contributed by atoms with van der Waals surface area (Å²) in [4.78, 5) is 79.4.